The molecule has 0 spiro atoms. The van der Waals surface area contributed by atoms with E-state index >= 15 is 0 Å². The van der Waals surface area contributed by atoms with E-state index in [-0.39, 0.29) is 23.7 Å². The third kappa shape index (κ3) is 3.50. The number of hydrogen-bond acceptors (Lipinski definition) is 7. The van der Waals surface area contributed by atoms with E-state index in [9.17, 15) is 19.5 Å². The van der Waals surface area contributed by atoms with Crippen LogP contribution in [0, 0.1) is 22.7 Å². The van der Waals surface area contributed by atoms with Gasteiger partial charge in [-0.1, -0.05) is 37.6 Å². The first-order valence-electron chi connectivity index (χ1n) is 12.9. The van der Waals surface area contributed by atoms with Crippen molar-refractivity contribution in [2.45, 2.75) is 84.2 Å². The summed E-state index contributed by atoms with van der Waals surface area (Å²) in [4.78, 5) is 40.1. The molecule has 7 atom stereocenters. The minimum absolute atomic E-state index is 0.0528. The third-order valence-electron chi connectivity index (χ3n) is 9.75. The summed E-state index contributed by atoms with van der Waals surface area (Å²) in [7, 11) is 0. The molecule has 1 aromatic rings. The smallest absolute Gasteiger partial charge is 0.338 e. The predicted octanol–water partition coefficient (Wildman–Crippen LogP) is 4.03. The Hall–Kier alpha value is -2.51. The fourth-order valence-corrected chi connectivity index (χ4v) is 7.43. The number of esters is 2. The van der Waals surface area contributed by atoms with Crippen molar-refractivity contribution in [1.29, 1.82) is 0 Å². The largest absolute Gasteiger partial charge is 0.455 e. The third-order valence-corrected chi connectivity index (χ3v) is 9.75. The predicted molar refractivity (Wildman–Crippen MR) is 131 cm³/mol. The lowest BCUT2D eigenvalue weighted by Crippen LogP contribution is -2.69. The summed E-state index contributed by atoms with van der Waals surface area (Å²) < 4.78 is 18.1. The molecule has 3 aliphatic carbocycles. The van der Waals surface area contributed by atoms with Crippen LogP contribution in [-0.4, -0.2) is 53.3 Å². The van der Waals surface area contributed by atoms with Crippen LogP contribution >= 0.6 is 0 Å². The summed E-state index contributed by atoms with van der Waals surface area (Å²) in [6, 6.07) is 8.91. The summed E-state index contributed by atoms with van der Waals surface area (Å²) in [5.74, 6) is -1.49. The molecule has 1 N–H and O–H groups in total. The van der Waals surface area contributed by atoms with E-state index in [1.807, 2.05) is 26.8 Å². The Labute approximate surface area is 212 Å². The molecule has 36 heavy (non-hydrogen) atoms. The van der Waals surface area contributed by atoms with Gasteiger partial charge in [-0.05, 0) is 56.7 Å². The zero-order chi connectivity index (χ0) is 26.0. The van der Waals surface area contributed by atoms with Gasteiger partial charge in [-0.25, -0.2) is 4.79 Å². The number of allylic oxidation sites excluding steroid dienone is 1. The van der Waals surface area contributed by atoms with Crippen LogP contribution in [0.2, 0.25) is 0 Å². The SMILES string of the molecule is CC(=O)O[C@H]1C(=O)[C@@]2(C)C(C[C@]3(OC(=O)c4ccccc4)CCC(C)=C1C3(C)C)[C@@H]1CO[C@@H]1C[C@@H]2O. The van der Waals surface area contributed by atoms with Crippen LogP contribution in [0.1, 0.15) is 70.7 Å². The standard InChI is InChI=1S/C29H36O7/c1-16-11-12-29(36-26(33)18-9-7-6-8-10-18)14-20-19-15-34-21(19)13-22(31)28(20,5)25(32)24(35-17(2)30)23(16)27(29,3)4/h6-10,19-22,24,31H,11-15H2,1-5H3/t19-,20?,21+,22-,24+,28-,29+/m0/s1. The van der Waals surface area contributed by atoms with Gasteiger partial charge in [-0.2, -0.15) is 0 Å². The summed E-state index contributed by atoms with van der Waals surface area (Å²) in [6.45, 7) is 9.53. The lowest BCUT2D eigenvalue weighted by molar-refractivity contribution is -0.242. The zero-order valence-corrected chi connectivity index (χ0v) is 21.7. The van der Waals surface area contributed by atoms with Crippen molar-refractivity contribution in [3.8, 4) is 0 Å². The molecule has 7 heteroatoms. The molecule has 2 bridgehead atoms. The number of hydrogen-bond donors (Lipinski definition) is 1. The number of ketones is 1. The highest BCUT2D eigenvalue weighted by Crippen LogP contribution is 2.62. The molecule has 1 saturated heterocycles. The molecular weight excluding hydrogens is 460 g/mol. The molecule has 4 aliphatic rings. The Morgan fingerprint density at radius 3 is 2.44 bits per heavy atom. The lowest BCUT2D eigenvalue weighted by atomic mass is 9.47. The second kappa shape index (κ2) is 8.52. The van der Waals surface area contributed by atoms with Crippen LogP contribution in [0.4, 0.5) is 0 Å². The van der Waals surface area contributed by atoms with Crippen LogP contribution < -0.4 is 0 Å². The van der Waals surface area contributed by atoms with Crippen LogP contribution in [0.3, 0.4) is 0 Å². The van der Waals surface area contributed by atoms with Gasteiger partial charge in [0.05, 0.1) is 29.8 Å². The molecule has 7 nitrogen and oxygen atoms in total. The molecule has 1 aromatic carbocycles. The van der Waals surface area contributed by atoms with Crippen molar-refractivity contribution in [2.75, 3.05) is 6.61 Å². The minimum atomic E-state index is -1.17. The number of aliphatic hydroxyl groups excluding tert-OH is 1. The van der Waals surface area contributed by atoms with Gasteiger partial charge < -0.3 is 19.3 Å². The number of rotatable bonds is 3. The summed E-state index contributed by atoms with van der Waals surface area (Å²) in [5.41, 5.74) is -0.816. The maximum absolute atomic E-state index is 14.3. The van der Waals surface area contributed by atoms with Gasteiger partial charge in [0, 0.05) is 24.7 Å². The first-order chi connectivity index (χ1) is 16.9. The minimum Gasteiger partial charge on any atom is -0.455 e. The molecule has 194 valence electrons. The number of aliphatic hydroxyl groups is 1. The van der Waals surface area contributed by atoms with Crippen LogP contribution in [-0.2, 0) is 23.8 Å². The number of carbonyl (C=O) groups excluding carboxylic acids is 3. The summed E-state index contributed by atoms with van der Waals surface area (Å²) in [6.07, 6.45) is -0.270. The first-order valence-corrected chi connectivity index (χ1v) is 12.9. The van der Waals surface area contributed by atoms with Crippen LogP contribution in [0.25, 0.3) is 0 Å². The van der Waals surface area contributed by atoms with Gasteiger partial charge in [0.2, 0.25) is 0 Å². The first kappa shape index (κ1) is 25.2. The van der Waals surface area contributed by atoms with Crippen molar-refractivity contribution in [3.63, 3.8) is 0 Å². The average Bonchev–Trinajstić information content (AvgIpc) is 2.81. The second-order valence-corrected chi connectivity index (χ2v) is 11.8. The van der Waals surface area contributed by atoms with Crippen molar-refractivity contribution in [3.05, 3.63) is 47.0 Å². The highest BCUT2D eigenvalue weighted by Gasteiger charge is 2.68. The average molecular weight is 497 g/mol. The Morgan fingerprint density at radius 1 is 1.14 bits per heavy atom. The molecule has 2 saturated carbocycles. The van der Waals surface area contributed by atoms with Crippen LogP contribution in [0.5, 0.6) is 0 Å². The van der Waals surface area contributed by atoms with Gasteiger partial charge in [-0.3, -0.25) is 9.59 Å². The molecule has 0 aromatic heterocycles. The second-order valence-electron chi connectivity index (χ2n) is 11.8. The van der Waals surface area contributed by atoms with E-state index in [2.05, 4.69) is 0 Å². The molecule has 1 heterocycles. The van der Waals surface area contributed by atoms with Gasteiger partial charge >= 0.3 is 11.9 Å². The van der Waals surface area contributed by atoms with E-state index in [0.717, 1.165) is 5.57 Å². The quantitative estimate of drug-likeness (QED) is 0.498. The normalized spacial score (nSPS) is 39.1. The van der Waals surface area contributed by atoms with Gasteiger partial charge in [0.1, 0.15) is 5.60 Å². The highest BCUT2D eigenvalue weighted by molar-refractivity contribution is 5.95. The van der Waals surface area contributed by atoms with E-state index in [4.69, 9.17) is 14.2 Å². The van der Waals surface area contributed by atoms with Crippen molar-refractivity contribution in [2.24, 2.45) is 22.7 Å². The van der Waals surface area contributed by atoms with E-state index in [1.165, 1.54) is 6.92 Å². The Morgan fingerprint density at radius 2 is 1.83 bits per heavy atom. The Bertz CT molecular complexity index is 1120. The van der Waals surface area contributed by atoms with E-state index in [1.54, 1.807) is 31.2 Å². The fourth-order valence-electron chi connectivity index (χ4n) is 7.43. The summed E-state index contributed by atoms with van der Waals surface area (Å²) >= 11 is 0. The Kier molecular flexibility index (Phi) is 5.95. The molecule has 0 radical (unpaired) electrons. The number of carbonyl (C=O) groups is 3. The maximum Gasteiger partial charge on any atom is 0.338 e. The number of benzene rings is 1. The molecule has 1 unspecified atom stereocenters. The molecule has 3 fully saturated rings. The lowest BCUT2D eigenvalue weighted by Gasteiger charge is -2.62. The molecule has 1 aliphatic heterocycles. The highest BCUT2D eigenvalue weighted by atomic mass is 16.6. The topological polar surface area (TPSA) is 99.1 Å². The molecule has 0 amide bonds. The molecule has 5 rings (SSSR count). The van der Waals surface area contributed by atoms with Gasteiger partial charge in [0.25, 0.3) is 0 Å². The van der Waals surface area contributed by atoms with Crippen molar-refractivity contribution < 1.29 is 33.7 Å². The Balaban J connectivity index is 1.70. The van der Waals surface area contributed by atoms with Gasteiger partial charge in [-0.15, -0.1) is 0 Å². The number of fused-ring (bicyclic) bond motifs is 5. The number of ether oxygens (including phenoxy) is 3. The fraction of sp³-hybridized carbons (Fsp3) is 0.621. The monoisotopic (exact) mass is 496 g/mol. The summed E-state index contributed by atoms with van der Waals surface area (Å²) in [5, 5.41) is 11.4. The van der Waals surface area contributed by atoms with Gasteiger partial charge in [0.15, 0.2) is 11.9 Å². The maximum atomic E-state index is 14.3. The van der Waals surface area contributed by atoms with Crippen molar-refractivity contribution >= 4 is 17.7 Å². The van der Waals surface area contributed by atoms with E-state index in [0.29, 0.717) is 43.4 Å². The zero-order valence-electron chi connectivity index (χ0n) is 21.7. The number of Topliss-reactive ketones (excluding diaryl/α,β-unsaturated/α-hetero) is 1. The van der Waals surface area contributed by atoms with E-state index < -0.39 is 40.6 Å². The van der Waals surface area contributed by atoms with Crippen LogP contribution in [0.15, 0.2) is 41.5 Å². The van der Waals surface area contributed by atoms with Crippen molar-refractivity contribution in [1.82, 2.24) is 0 Å². The molecular formula is C29H36O7.